The second-order valence-electron chi connectivity index (χ2n) is 6.09. The molecule has 8 heteroatoms. The van der Waals surface area contributed by atoms with Crippen molar-refractivity contribution in [2.45, 2.75) is 44.6 Å². The molecule has 0 aliphatic heterocycles. The first-order valence-electron chi connectivity index (χ1n) is 8.48. The van der Waals surface area contributed by atoms with E-state index in [0.29, 0.717) is 18.7 Å². The number of rotatable bonds is 8. The number of carbonyl (C=O) groups excluding carboxylic acids is 2. The first-order chi connectivity index (χ1) is 11.8. The molecule has 0 aromatic heterocycles. The molecule has 0 heterocycles. The van der Waals surface area contributed by atoms with Crippen molar-refractivity contribution in [3.8, 4) is 0 Å². The van der Waals surface area contributed by atoms with Gasteiger partial charge in [0.1, 0.15) is 0 Å². The molecule has 0 saturated heterocycles. The van der Waals surface area contributed by atoms with Gasteiger partial charge in [-0.1, -0.05) is 19.9 Å². The van der Waals surface area contributed by atoms with Crippen LogP contribution < -0.4 is 10.6 Å². The van der Waals surface area contributed by atoms with Gasteiger partial charge in [0.25, 0.3) is 5.91 Å². The molecule has 138 valence electrons. The van der Waals surface area contributed by atoms with E-state index in [2.05, 4.69) is 10.6 Å². The third-order valence-corrected chi connectivity index (χ3v) is 6.19. The maximum absolute atomic E-state index is 12.6. The van der Waals surface area contributed by atoms with Gasteiger partial charge in [-0.25, -0.2) is 8.42 Å². The number of hydrogen-bond donors (Lipinski definition) is 2. The summed E-state index contributed by atoms with van der Waals surface area (Å²) in [6.07, 6.45) is 1.95. The van der Waals surface area contributed by atoms with E-state index in [9.17, 15) is 18.0 Å². The van der Waals surface area contributed by atoms with Crippen molar-refractivity contribution in [1.29, 1.82) is 0 Å². The van der Waals surface area contributed by atoms with Crippen LogP contribution in [0.3, 0.4) is 0 Å². The summed E-state index contributed by atoms with van der Waals surface area (Å²) in [5, 5.41) is 5.33. The highest BCUT2D eigenvalue weighted by atomic mass is 32.2. The monoisotopic (exact) mass is 367 g/mol. The summed E-state index contributed by atoms with van der Waals surface area (Å²) in [5.74, 6) is -0.694. The van der Waals surface area contributed by atoms with Gasteiger partial charge in [0.05, 0.1) is 11.4 Å². The fraction of sp³-hybridized carbons (Fsp3) is 0.529. The van der Waals surface area contributed by atoms with E-state index in [0.717, 1.165) is 12.8 Å². The Balaban J connectivity index is 2.14. The highest BCUT2D eigenvalue weighted by Gasteiger charge is 2.25. The topological polar surface area (TPSA) is 95.6 Å². The lowest BCUT2D eigenvalue weighted by Gasteiger charge is -2.19. The van der Waals surface area contributed by atoms with Crippen molar-refractivity contribution in [2.24, 2.45) is 0 Å². The molecular formula is C17H25N3O4S. The van der Waals surface area contributed by atoms with Gasteiger partial charge in [-0.05, 0) is 37.5 Å². The van der Waals surface area contributed by atoms with Crippen molar-refractivity contribution in [2.75, 3.05) is 19.6 Å². The molecule has 7 nitrogen and oxygen atoms in total. The standard InChI is InChI=1S/C17H25N3O4S/c1-4-20(5-2)25(23,24)14-9-6-12(3)15(10-14)17(22)18-11-16(21)19-13-7-8-13/h6,9-10,13H,4-5,7-8,11H2,1-3H3,(H,18,22)(H,19,21). The van der Waals surface area contributed by atoms with Crippen LogP contribution in [0.1, 0.15) is 42.6 Å². The van der Waals surface area contributed by atoms with Crippen molar-refractivity contribution < 1.29 is 18.0 Å². The van der Waals surface area contributed by atoms with E-state index in [1.165, 1.54) is 16.4 Å². The summed E-state index contributed by atoms with van der Waals surface area (Å²) in [4.78, 5) is 24.1. The Morgan fingerprint density at radius 1 is 1.20 bits per heavy atom. The summed E-state index contributed by atoms with van der Waals surface area (Å²) >= 11 is 0. The summed E-state index contributed by atoms with van der Waals surface area (Å²) in [5.41, 5.74) is 0.908. The fourth-order valence-corrected chi connectivity index (χ4v) is 3.97. The molecule has 1 saturated carbocycles. The molecule has 0 radical (unpaired) electrons. The molecule has 1 aromatic rings. The number of carbonyl (C=O) groups is 2. The summed E-state index contributed by atoms with van der Waals surface area (Å²) in [6, 6.07) is 4.71. The Hall–Kier alpha value is -1.93. The van der Waals surface area contributed by atoms with Gasteiger partial charge < -0.3 is 10.6 Å². The van der Waals surface area contributed by atoms with Crippen LogP contribution in [-0.4, -0.2) is 50.2 Å². The maximum Gasteiger partial charge on any atom is 0.252 e. The predicted octanol–water partition coefficient (Wildman–Crippen LogP) is 1.03. The quantitative estimate of drug-likeness (QED) is 0.717. The van der Waals surface area contributed by atoms with E-state index in [4.69, 9.17) is 0 Å². The van der Waals surface area contributed by atoms with E-state index >= 15 is 0 Å². The third kappa shape index (κ3) is 4.79. The normalized spacial score (nSPS) is 14.4. The third-order valence-electron chi connectivity index (χ3n) is 4.15. The van der Waals surface area contributed by atoms with Crippen LogP contribution in [0.25, 0.3) is 0 Å². The SMILES string of the molecule is CCN(CC)S(=O)(=O)c1ccc(C)c(C(=O)NCC(=O)NC2CC2)c1. The van der Waals surface area contributed by atoms with Gasteiger partial charge in [-0.2, -0.15) is 4.31 Å². The first-order valence-corrected chi connectivity index (χ1v) is 9.92. The molecule has 1 aliphatic carbocycles. The number of hydrogen-bond acceptors (Lipinski definition) is 4. The number of sulfonamides is 1. The molecule has 1 fully saturated rings. The van der Waals surface area contributed by atoms with Crippen molar-refractivity contribution in [3.05, 3.63) is 29.3 Å². The molecule has 0 atom stereocenters. The average Bonchev–Trinajstić information content (AvgIpc) is 3.37. The van der Waals surface area contributed by atoms with Gasteiger partial charge in [-0.3, -0.25) is 9.59 Å². The zero-order valence-electron chi connectivity index (χ0n) is 14.8. The molecule has 1 aromatic carbocycles. The number of nitrogens with zero attached hydrogens (tertiary/aromatic N) is 1. The van der Waals surface area contributed by atoms with Crippen molar-refractivity contribution >= 4 is 21.8 Å². The Morgan fingerprint density at radius 2 is 1.84 bits per heavy atom. The van der Waals surface area contributed by atoms with Crippen LogP contribution in [0, 0.1) is 6.92 Å². The van der Waals surface area contributed by atoms with E-state index in [1.807, 2.05) is 0 Å². The van der Waals surface area contributed by atoms with Gasteiger partial charge in [0.2, 0.25) is 15.9 Å². The van der Waals surface area contributed by atoms with Crippen LogP contribution in [0.4, 0.5) is 0 Å². The lowest BCUT2D eigenvalue weighted by molar-refractivity contribution is -0.120. The highest BCUT2D eigenvalue weighted by Crippen LogP contribution is 2.20. The Morgan fingerprint density at radius 3 is 2.40 bits per heavy atom. The van der Waals surface area contributed by atoms with Crippen LogP contribution in [0.15, 0.2) is 23.1 Å². The second-order valence-corrected chi connectivity index (χ2v) is 8.03. The Labute approximate surface area is 148 Å². The average molecular weight is 367 g/mol. The molecule has 25 heavy (non-hydrogen) atoms. The van der Waals surface area contributed by atoms with Crippen LogP contribution >= 0.6 is 0 Å². The minimum Gasteiger partial charge on any atom is -0.352 e. The molecule has 2 rings (SSSR count). The van der Waals surface area contributed by atoms with E-state index < -0.39 is 15.9 Å². The highest BCUT2D eigenvalue weighted by molar-refractivity contribution is 7.89. The van der Waals surface area contributed by atoms with Crippen molar-refractivity contribution in [1.82, 2.24) is 14.9 Å². The molecular weight excluding hydrogens is 342 g/mol. The van der Waals surface area contributed by atoms with Crippen LogP contribution in [-0.2, 0) is 14.8 Å². The summed E-state index contributed by atoms with van der Waals surface area (Å²) in [6.45, 7) is 5.85. The van der Waals surface area contributed by atoms with Gasteiger partial charge >= 0.3 is 0 Å². The molecule has 0 bridgehead atoms. The molecule has 1 aliphatic rings. The smallest absolute Gasteiger partial charge is 0.252 e. The minimum absolute atomic E-state index is 0.0781. The van der Waals surface area contributed by atoms with E-state index in [-0.39, 0.29) is 29.0 Å². The molecule has 0 unspecified atom stereocenters. The Bertz CT molecular complexity index is 753. The van der Waals surface area contributed by atoms with Gasteiger partial charge in [0, 0.05) is 24.7 Å². The first kappa shape index (κ1) is 19.4. The molecule has 0 spiro atoms. The van der Waals surface area contributed by atoms with Gasteiger partial charge in [-0.15, -0.1) is 0 Å². The van der Waals surface area contributed by atoms with Crippen LogP contribution in [0.5, 0.6) is 0 Å². The van der Waals surface area contributed by atoms with Crippen molar-refractivity contribution in [3.63, 3.8) is 0 Å². The molecule has 2 N–H and O–H groups in total. The summed E-state index contributed by atoms with van der Waals surface area (Å²) < 4.78 is 26.5. The largest absolute Gasteiger partial charge is 0.352 e. The maximum atomic E-state index is 12.6. The lowest BCUT2D eigenvalue weighted by Crippen LogP contribution is -2.38. The number of benzene rings is 1. The zero-order chi connectivity index (χ0) is 18.6. The number of amides is 2. The van der Waals surface area contributed by atoms with Crippen LogP contribution in [0.2, 0.25) is 0 Å². The lowest BCUT2D eigenvalue weighted by atomic mass is 10.1. The van der Waals surface area contributed by atoms with Gasteiger partial charge in [0.15, 0.2) is 0 Å². The number of nitrogens with one attached hydrogen (secondary N) is 2. The minimum atomic E-state index is -3.64. The van der Waals surface area contributed by atoms with E-state index in [1.54, 1.807) is 26.8 Å². The molecule has 2 amide bonds. The fourth-order valence-electron chi connectivity index (χ4n) is 2.48. The Kier molecular flexibility index (Phi) is 6.18. The number of aryl methyl sites for hydroxylation is 1. The predicted molar refractivity (Wildman–Crippen MR) is 94.8 cm³/mol. The zero-order valence-corrected chi connectivity index (χ0v) is 15.6. The summed E-state index contributed by atoms with van der Waals surface area (Å²) in [7, 11) is -3.64. The second kappa shape index (κ2) is 7.97.